The van der Waals surface area contributed by atoms with Crippen LogP contribution in [0.2, 0.25) is 0 Å². The molecule has 202 valence electrons. The average Bonchev–Trinajstić information content (AvgIpc) is 3.42. The van der Waals surface area contributed by atoms with Crippen molar-refractivity contribution in [2.45, 2.75) is 12.8 Å². The fourth-order valence-electron chi connectivity index (χ4n) is 4.81. The van der Waals surface area contributed by atoms with Gasteiger partial charge in [0.05, 0.1) is 5.39 Å². The van der Waals surface area contributed by atoms with Gasteiger partial charge in [-0.25, -0.2) is 14.8 Å². The summed E-state index contributed by atoms with van der Waals surface area (Å²) in [5.41, 5.74) is 6.26. The normalized spacial score (nSPS) is 10.8. The molecule has 3 N–H and O–H groups in total. The average molecular weight is 540 g/mol. The summed E-state index contributed by atoms with van der Waals surface area (Å²) >= 11 is 0. The summed E-state index contributed by atoms with van der Waals surface area (Å²) in [5, 5.41) is 10.1. The molecule has 4 aromatic carbocycles. The maximum atomic E-state index is 12.3. The first-order valence-electron chi connectivity index (χ1n) is 13.6. The van der Waals surface area contributed by atoms with Gasteiger partial charge in [0.25, 0.3) is 0 Å². The second-order valence-corrected chi connectivity index (χ2v) is 9.61. The number of nitrogens with one attached hydrogen (secondary N) is 3. The monoisotopic (exact) mass is 539 g/mol. The van der Waals surface area contributed by atoms with Gasteiger partial charge in [-0.15, -0.1) is 0 Å². The molecule has 0 radical (unpaired) electrons. The lowest BCUT2D eigenvalue weighted by Crippen LogP contribution is -2.19. The first-order valence-corrected chi connectivity index (χ1v) is 13.6. The predicted molar refractivity (Wildman–Crippen MR) is 165 cm³/mol. The Bertz CT molecular complexity index is 1740. The molecule has 0 fully saturated rings. The highest BCUT2D eigenvalue weighted by molar-refractivity contribution is 6.05. The summed E-state index contributed by atoms with van der Waals surface area (Å²) in [6.45, 7) is 0.728. The van der Waals surface area contributed by atoms with Gasteiger partial charge in [0.2, 0.25) is 5.71 Å². The molecule has 2 amide bonds. The molecule has 0 unspecified atom stereocenters. The molecule has 0 atom stereocenters. The van der Waals surface area contributed by atoms with Crippen molar-refractivity contribution in [2.75, 3.05) is 22.5 Å². The fraction of sp³-hybridized carbons (Fsp3) is 0.0882. The number of benzene rings is 4. The molecule has 0 spiro atoms. The fourth-order valence-corrected chi connectivity index (χ4v) is 4.81. The van der Waals surface area contributed by atoms with Crippen LogP contribution in [0.25, 0.3) is 33.6 Å². The van der Waals surface area contributed by atoms with E-state index in [1.54, 1.807) is 0 Å². The summed E-state index contributed by atoms with van der Waals surface area (Å²) in [6.07, 6.45) is 3.32. The highest BCUT2D eigenvalue weighted by Gasteiger charge is 2.21. The van der Waals surface area contributed by atoms with Crippen LogP contribution in [0.4, 0.5) is 22.0 Å². The number of carbonyl (C=O) groups is 1. The number of aromatic nitrogens is 2. The number of amides is 2. The molecule has 0 aliphatic heterocycles. The highest BCUT2D eigenvalue weighted by Crippen LogP contribution is 2.42. The Hall–Kier alpha value is -5.43. The van der Waals surface area contributed by atoms with Crippen molar-refractivity contribution in [3.05, 3.63) is 127 Å². The smallest absolute Gasteiger partial charge is 0.323 e. The summed E-state index contributed by atoms with van der Waals surface area (Å²) < 4.78 is 6.30. The molecule has 0 bridgehead atoms. The molecular weight excluding hydrogens is 510 g/mol. The van der Waals surface area contributed by atoms with Crippen LogP contribution in [-0.2, 0) is 6.42 Å². The summed E-state index contributed by atoms with van der Waals surface area (Å²) in [5.74, 6) is 1.53. The van der Waals surface area contributed by atoms with E-state index in [1.807, 2.05) is 103 Å². The summed E-state index contributed by atoms with van der Waals surface area (Å²) in [4.78, 5) is 21.3. The SMILES string of the molecule is O=C(Nc1ccccc1)Nc1ccc(CCCNc2ncnc3oc(-c4ccccc4)c(-c4ccccc4)c23)cc1. The van der Waals surface area contributed by atoms with Gasteiger partial charge in [0, 0.05) is 29.0 Å². The number of urea groups is 1. The van der Waals surface area contributed by atoms with Gasteiger partial charge < -0.3 is 20.4 Å². The molecule has 6 rings (SSSR count). The molecule has 0 saturated carbocycles. The van der Waals surface area contributed by atoms with E-state index in [4.69, 9.17) is 4.42 Å². The second kappa shape index (κ2) is 12.2. The molecule has 6 aromatic rings. The topological polar surface area (TPSA) is 92.1 Å². The third-order valence-corrected chi connectivity index (χ3v) is 6.76. The van der Waals surface area contributed by atoms with Crippen molar-refractivity contribution < 1.29 is 9.21 Å². The first kappa shape index (κ1) is 25.8. The number of para-hydroxylation sites is 1. The lowest BCUT2D eigenvalue weighted by atomic mass is 9.99. The van der Waals surface area contributed by atoms with Gasteiger partial charge in [0.15, 0.2) is 0 Å². The maximum absolute atomic E-state index is 12.3. The van der Waals surface area contributed by atoms with Crippen LogP contribution in [0, 0.1) is 0 Å². The third kappa shape index (κ3) is 6.09. The quantitative estimate of drug-likeness (QED) is 0.161. The number of hydrogen-bond acceptors (Lipinski definition) is 5. The van der Waals surface area contributed by atoms with Gasteiger partial charge in [-0.3, -0.25) is 0 Å². The van der Waals surface area contributed by atoms with Crippen molar-refractivity contribution in [2.24, 2.45) is 0 Å². The van der Waals surface area contributed by atoms with E-state index in [2.05, 4.69) is 38.1 Å². The Morgan fingerprint density at radius 1 is 0.683 bits per heavy atom. The van der Waals surface area contributed by atoms with Crippen LogP contribution in [0.15, 0.2) is 126 Å². The van der Waals surface area contributed by atoms with Crippen molar-refractivity contribution in [3.63, 3.8) is 0 Å². The summed E-state index contributed by atoms with van der Waals surface area (Å²) in [7, 11) is 0. The van der Waals surface area contributed by atoms with Crippen LogP contribution in [0.1, 0.15) is 12.0 Å². The lowest BCUT2D eigenvalue weighted by molar-refractivity contribution is 0.262. The number of carbonyl (C=O) groups excluding carboxylic acids is 1. The molecule has 7 nitrogen and oxygen atoms in total. The number of aryl methyl sites for hydroxylation is 1. The number of furan rings is 1. The zero-order valence-corrected chi connectivity index (χ0v) is 22.4. The third-order valence-electron chi connectivity index (χ3n) is 6.76. The van der Waals surface area contributed by atoms with Gasteiger partial charge >= 0.3 is 6.03 Å². The van der Waals surface area contributed by atoms with Crippen LogP contribution in [0.3, 0.4) is 0 Å². The van der Waals surface area contributed by atoms with Crippen molar-refractivity contribution in [3.8, 4) is 22.5 Å². The maximum Gasteiger partial charge on any atom is 0.323 e. The second-order valence-electron chi connectivity index (χ2n) is 9.61. The van der Waals surface area contributed by atoms with Gasteiger partial charge in [-0.05, 0) is 48.2 Å². The largest absolute Gasteiger partial charge is 0.437 e. The minimum absolute atomic E-state index is 0.270. The van der Waals surface area contributed by atoms with Gasteiger partial charge in [-0.1, -0.05) is 91.0 Å². The van der Waals surface area contributed by atoms with Crippen LogP contribution >= 0.6 is 0 Å². The Morgan fingerprint density at radius 3 is 1.98 bits per heavy atom. The van der Waals surface area contributed by atoms with Crippen molar-refractivity contribution in [1.29, 1.82) is 0 Å². The first-order chi connectivity index (χ1) is 20.2. The number of hydrogen-bond donors (Lipinski definition) is 3. The molecule has 0 aliphatic carbocycles. The van der Waals surface area contributed by atoms with E-state index >= 15 is 0 Å². The summed E-state index contributed by atoms with van der Waals surface area (Å²) in [6, 6.07) is 37.3. The Kier molecular flexibility index (Phi) is 7.67. The van der Waals surface area contributed by atoms with E-state index in [9.17, 15) is 4.79 Å². The van der Waals surface area contributed by atoms with E-state index < -0.39 is 0 Å². The molecule has 7 heteroatoms. The van der Waals surface area contributed by atoms with E-state index in [0.717, 1.165) is 64.4 Å². The number of anilines is 3. The predicted octanol–water partition coefficient (Wildman–Crippen LogP) is 8.25. The van der Waals surface area contributed by atoms with Gasteiger partial charge in [0.1, 0.15) is 17.9 Å². The molecule has 0 aliphatic rings. The molecule has 2 aromatic heterocycles. The van der Waals surface area contributed by atoms with E-state index in [-0.39, 0.29) is 6.03 Å². The van der Waals surface area contributed by atoms with Gasteiger partial charge in [-0.2, -0.15) is 0 Å². The van der Waals surface area contributed by atoms with Crippen molar-refractivity contribution >= 4 is 34.3 Å². The van der Waals surface area contributed by atoms with Crippen LogP contribution in [0.5, 0.6) is 0 Å². The van der Waals surface area contributed by atoms with Crippen LogP contribution < -0.4 is 16.0 Å². The zero-order valence-electron chi connectivity index (χ0n) is 22.4. The molecule has 2 heterocycles. The molecule has 41 heavy (non-hydrogen) atoms. The number of fused-ring (bicyclic) bond motifs is 1. The lowest BCUT2D eigenvalue weighted by Gasteiger charge is -2.10. The van der Waals surface area contributed by atoms with Crippen molar-refractivity contribution in [1.82, 2.24) is 9.97 Å². The Morgan fingerprint density at radius 2 is 1.29 bits per heavy atom. The number of rotatable bonds is 9. The van der Waals surface area contributed by atoms with E-state index in [1.165, 1.54) is 11.9 Å². The Balaban J connectivity index is 1.12. The minimum atomic E-state index is -0.270. The molecular formula is C34H29N5O2. The highest BCUT2D eigenvalue weighted by atomic mass is 16.3. The number of nitrogens with zero attached hydrogens (tertiary/aromatic N) is 2. The molecule has 0 saturated heterocycles. The zero-order chi connectivity index (χ0) is 27.9. The van der Waals surface area contributed by atoms with E-state index in [0.29, 0.717) is 5.71 Å². The Labute approximate surface area is 238 Å². The van der Waals surface area contributed by atoms with Crippen LogP contribution in [-0.4, -0.2) is 22.5 Å². The standard InChI is InChI=1S/C34H29N5O2/c40-34(38-27-16-8-3-9-17-27)39-28-20-18-24(19-21-28)11-10-22-35-32-30-29(25-12-4-1-5-13-25)31(26-14-6-2-7-15-26)41-33(30)37-23-36-32/h1-9,12-21,23H,10-11,22H2,(H,35,36,37)(H2,38,39,40). The minimum Gasteiger partial charge on any atom is -0.437 e.